The van der Waals surface area contributed by atoms with Crippen molar-refractivity contribution in [2.24, 2.45) is 0 Å². The largest absolute Gasteiger partial charge is 0.493 e. The van der Waals surface area contributed by atoms with E-state index in [1.807, 2.05) is 78.9 Å². The minimum atomic E-state index is -0.377. The number of amides is 1. The van der Waals surface area contributed by atoms with E-state index in [2.05, 4.69) is 10.6 Å². The minimum absolute atomic E-state index is 0.123. The summed E-state index contributed by atoms with van der Waals surface area (Å²) in [6.07, 6.45) is 5.11. The SMILES string of the molecule is COc1cc(C2NC(=O)c3ccccc3N2)ccc1OCCCCOc1cc(/C=C\c2cc(OC)c(OC)c(OC)c2)ccc1OC. The predicted molar refractivity (Wildman–Crippen MR) is 182 cm³/mol. The average molecular weight is 641 g/mol. The summed E-state index contributed by atoms with van der Waals surface area (Å²) in [5.41, 5.74) is 4.11. The van der Waals surface area contributed by atoms with Crippen LogP contribution in [-0.2, 0) is 0 Å². The zero-order chi connectivity index (χ0) is 33.2. The van der Waals surface area contributed by atoms with E-state index in [-0.39, 0.29) is 12.1 Å². The van der Waals surface area contributed by atoms with Crippen molar-refractivity contribution < 1.29 is 38.0 Å². The summed E-state index contributed by atoms with van der Waals surface area (Å²) in [5, 5.41) is 6.36. The number of ether oxygens (including phenoxy) is 7. The first-order valence-corrected chi connectivity index (χ1v) is 15.2. The number of anilines is 1. The number of fused-ring (bicyclic) bond motifs is 1. The van der Waals surface area contributed by atoms with Crippen molar-refractivity contribution in [3.63, 3.8) is 0 Å². The molecule has 1 aliphatic heterocycles. The standard InChI is InChI=1S/C37H40N2O8/c1-41-29-16-14-24(12-13-25-21-33(43-3)35(45-5)34(22-25)44-4)20-32(29)47-19-9-8-18-46-30-17-15-26(23-31(30)42-2)36-38-28-11-7-6-10-27(28)37(40)39-36/h6-7,10-17,20-23,36,38H,8-9,18-19H2,1-5H3,(H,39,40)/b13-12-. The summed E-state index contributed by atoms with van der Waals surface area (Å²) in [4.78, 5) is 12.6. The Balaban J connectivity index is 1.14. The van der Waals surface area contributed by atoms with Gasteiger partial charge in [-0.1, -0.05) is 36.4 Å². The maximum Gasteiger partial charge on any atom is 0.255 e. The highest BCUT2D eigenvalue weighted by Gasteiger charge is 2.25. The van der Waals surface area contributed by atoms with Crippen LogP contribution in [0.5, 0.6) is 40.2 Å². The third kappa shape index (κ3) is 7.84. The molecule has 4 aromatic carbocycles. The third-order valence-electron chi connectivity index (χ3n) is 7.66. The highest BCUT2D eigenvalue weighted by Crippen LogP contribution is 2.39. The number of hydrogen-bond donors (Lipinski definition) is 2. The van der Waals surface area contributed by atoms with Crippen molar-refractivity contribution in [3.8, 4) is 40.2 Å². The average Bonchev–Trinajstić information content (AvgIpc) is 3.11. The van der Waals surface area contributed by atoms with Gasteiger partial charge in [0.15, 0.2) is 34.5 Å². The Hall–Kier alpha value is -5.51. The van der Waals surface area contributed by atoms with Gasteiger partial charge < -0.3 is 43.8 Å². The molecule has 47 heavy (non-hydrogen) atoms. The van der Waals surface area contributed by atoms with Gasteiger partial charge >= 0.3 is 0 Å². The molecule has 4 aromatic rings. The second kappa shape index (κ2) is 15.7. The van der Waals surface area contributed by atoms with Crippen molar-refractivity contribution in [2.75, 3.05) is 54.1 Å². The Morgan fingerprint density at radius 1 is 0.596 bits per heavy atom. The molecule has 10 nitrogen and oxygen atoms in total. The van der Waals surface area contributed by atoms with Gasteiger partial charge in [-0.05, 0) is 78.1 Å². The van der Waals surface area contributed by atoms with Crippen molar-refractivity contribution >= 4 is 23.7 Å². The molecule has 5 rings (SSSR count). The lowest BCUT2D eigenvalue weighted by molar-refractivity contribution is 0.0935. The lowest BCUT2D eigenvalue weighted by Gasteiger charge is -2.28. The van der Waals surface area contributed by atoms with E-state index in [9.17, 15) is 4.79 Å². The topological polar surface area (TPSA) is 106 Å². The number of benzene rings is 4. The fourth-order valence-corrected chi connectivity index (χ4v) is 5.23. The second-order valence-electron chi connectivity index (χ2n) is 10.6. The molecule has 1 unspecified atom stereocenters. The van der Waals surface area contributed by atoms with Gasteiger partial charge in [-0.2, -0.15) is 0 Å². The molecule has 1 aliphatic rings. The van der Waals surface area contributed by atoms with E-state index in [4.69, 9.17) is 33.2 Å². The number of carbonyl (C=O) groups excluding carboxylic acids is 1. The van der Waals surface area contributed by atoms with Crippen LogP contribution in [0.15, 0.2) is 72.8 Å². The van der Waals surface area contributed by atoms with Crippen LogP contribution >= 0.6 is 0 Å². The molecule has 1 atom stereocenters. The maximum atomic E-state index is 12.6. The first-order valence-electron chi connectivity index (χ1n) is 15.2. The monoisotopic (exact) mass is 640 g/mol. The van der Waals surface area contributed by atoms with Crippen molar-refractivity contribution in [1.82, 2.24) is 5.32 Å². The van der Waals surface area contributed by atoms with Crippen molar-refractivity contribution in [3.05, 3.63) is 95.1 Å². The van der Waals surface area contributed by atoms with Gasteiger partial charge in [-0.25, -0.2) is 0 Å². The summed E-state index contributed by atoms with van der Waals surface area (Å²) < 4.78 is 39.6. The quantitative estimate of drug-likeness (QED) is 0.105. The summed E-state index contributed by atoms with van der Waals surface area (Å²) >= 11 is 0. The van der Waals surface area contributed by atoms with Crippen LogP contribution in [-0.4, -0.2) is 54.7 Å². The van der Waals surface area contributed by atoms with Crippen LogP contribution in [0.2, 0.25) is 0 Å². The Kier molecular flexibility index (Phi) is 11.0. The van der Waals surface area contributed by atoms with Gasteiger partial charge in [0.2, 0.25) is 5.75 Å². The molecule has 0 saturated heterocycles. The van der Waals surface area contributed by atoms with Gasteiger partial charge in [0, 0.05) is 5.69 Å². The summed E-state index contributed by atoms with van der Waals surface area (Å²) in [7, 11) is 7.99. The van der Waals surface area contributed by atoms with Crippen LogP contribution in [0, 0.1) is 0 Å². The van der Waals surface area contributed by atoms with Crippen LogP contribution in [0.4, 0.5) is 5.69 Å². The zero-order valence-electron chi connectivity index (χ0n) is 27.3. The van der Waals surface area contributed by atoms with Crippen LogP contribution in [0.3, 0.4) is 0 Å². The van der Waals surface area contributed by atoms with E-state index in [0.717, 1.165) is 35.2 Å². The van der Waals surface area contributed by atoms with Crippen LogP contribution in [0.25, 0.3) is 12.2 Å². The number of hydrogen-bond acceptors (Lipinski definition) is 9. The number of carbonyl (C=O) groups is 1. The molecule has 1 heterocycles. The first-order chi connectivity index (χ1) is 23.0. The summed E-state index contributed by atoms with van der Waals surface area (Å²) in [6.45, 7) is 0.976. The van der Waals surface area contributed by atoms with Gasteiger partial charge in [-0.3, -0.25) is 4.79 Å². The van der Waals surface area contributed by atoms with Crippen LogP contribution in [0.1, 0.15) is 46.1 Å². The number of rotatable bonds is 15. The second-order valence-corrected chi connectivity index (χ2v) is 10.6. The number of unbranched alkanes of at least 4 members (excludes halogenated alkanes) is 1. The Bertz CT molecular complexity index is 1700. The fraction of sp³-hybridized carbons (Fsp3) is 0.270. The molecule has 2 N–H and O–H groups in total. The zero-order valence-corrected chi connectivity index (χ0v) is 27.3. The van der Waals surface area contributed by atoms with E-state index < -0.39 is 0 Å². The maximum absolute atomic E-state index is 12.6. The molecule has 0 radical (unpaired) electrons. The van der Waals surface area contributed by atoms with Crippen molar-refractivity contribution in [2.45, 2.75) is 19.0 Å². The van der Waals surface area contributed by atoms with E-state index in [1.165, 1.54) is 0 Å². The molecule has 0 bridgehead atoms. The lowest BCUT2D eigenvalue weighted by Crippen LogP contribution is -2.38. The first kappa shape index (κ1) is 32.9. The molecule has 0 aromatic heterocycles. The predicted octanol–water partition coefficient (Wildman–Crippen LogP) is 6.99. The summed E-state index contributed by atoms with van der Waals surface area (Å²) in [6, 6.07) is 22.6. The summed E-state index contributed by atoms with van der Waals surface area (Å²) in [5.74, 6) is 4.13. The molecule has 246 valence electrons. The third-order valence-corrected chi connectivity index (χ3v) is 7.66. The Morgan fingerprint density at radius 2 is 1.21 bits per heavy atom. The van der Waals surface area contributed by atoms with Gasteiger partial charge in [0.05, 0.1) is 54.3 Å². The van der Waals surface area contributed by atoms with Gasteiger partial charge in [0.1, 0.15) is 6.17 Å². The van der Waals surface area contributed by atoms with Crippen molar-refractivity contribution in [1.29, 1.82) is 0 Å². The molecule has 0 fully saturated rings. The minimum Gasteiger partial charge on any atom is -0.493 e. The smallest absolute Gasteiger partial charge is 0.255 e. The number of methoxy groups -OCH3 is 5. The highest BCUT2D eigenvalue weighted by molar-refractivity contribution is 6.01. The number of para-hydroxylation sites is 1. The molecule has 10 heteroatoms. The molecule has 0 saturated carbocycles. The Labute approximate surface area is 275 Å². The van der Waals surface area contributed by atoms with Gasteiger partial charge in [0.25, 0.3) is 5.91 Å². The molecule has 1 amide bonds. The molecule has 0 spiro atoms. The van der Waals surface area contributed by atoms with E-state index >= 15 is 0 Å². The van der Waals surface area contributed by atoms with E-state index in [0.29, 0.717) is 59.0 Å². The fourth-order valence-electron chi connectivity index (χ4n) is 5.23. The molecule has 0 aliphatic carbocycles. The van der Waals surface area contributed by atoms with E-state index in [1.54, 1.807) is 41.6 Å². The normalized spacial score (nSPS) is 13.6. The molecular weight excluding hydrogens is 600 g/mol. The molecular formula is C37H40N2O8. The lowest BCUT2D eigenvalue weighted by atomic mass is 10.1. The van der Waals surface area contributed by atoms with Crippen LogP contribution < -0.4 is 43.8 Å². The Morgan fingerprint density at radius 3 is 1.89 bits per heavy atom. The highest BCUT2D eigenvalue weighted by atomic mass is 16.5. The number of nitrogens with one attached hydrogen (secondary N) is 2. The van der Waals surface area contributed by atoms with Gasteiger partial charge in [-0.15, -0.1) is 0 Å².